The third kappa shape index (κ3) is 2.65. The largest absolute Gasteiger partial charge is 0.364 e. The molecule has 0 bridgehead atoms. The van der Waals surface area contributed by atoms with E-state index in [-0.39, 0.29) is 0 Å². The molecule has 0 saturated heterocycles. The molecule has 0 aromatic carbocycles. The fourth-order valence-corrected chi connectivity index (χ4v) is 1.95. The molecule has 15 heavy (non-hydrogen) atoms. The fourth-order valence-electron chi connectivity index (χ4n) is 1.18. The first-order valence-corrected chi connectivity index (χ1v) is 5.29. The van der Waals surface area contributed by atoms with Gasteiger partial charge in [-0.05, 0) is 12.1 Å². The third-order valence-corrected chi connectivity index (χ3v) is 2.86. The predicted octanol–water partition coefficient (Wildman–Crippen LogP) is 1.90. The van der Waals surface area contributed by atoms with E-state index in [0.717, 1.165) is 22.0 Å². The highest BCUT2D eigenvalue weighted by molar-refractivity contribution is 7.12. The monoisotopic (exact) mass is 219 g/mol. The molecular weight excluding hydrogens is 210 g/mol. The van der Waals surface area contributed by atoms with Gasteiger partial charge >= 0.3 is 0 Å². The number of nitrogens with zero attached hydrogens (tertiary/aromatic N) is 2. The highest BCUT2D eigenvalue weighted by atomic mass is 32.1. The molecule has 2 aromatic heterocycles. The van der Waals surface area contributed by atoms with Gasteiger partial charge in [0.2, 0.25) is 0 Å². The second-order valence-corrected chi connectivity index (χ2v) is 4.14. The van der Waals surface area contributed by atoms with Crippen LogP contribution in [0.2, 0.25) is 0 Å². The van der Waals surface area contributed by atoms with Gasteiger partial charge < -0.3 is 9.84 Å². The zero-order valence-corrected chi connectivity index (χ0v) is 8.75. The van der Waals surface area contributed by atoms with Crippen molar-refractivity contribution in [1.82, 2.24) is 10.5 Å². The van der Waals surface area contributed by atoms with Gasteiger partial charge in [-0.2, -0.15) is 5.26 Å². The van der Waals surface area contributed by atoms with E-state index in [9.17, 15) is 0 Å². The van der Waals surface area contributed by atoms with Crippen LogP contribution in [0.1, 0.15) is 15.4 Å². The maximum absolute atomic E-state index is 8.64. The summed E-state index contributed by atoms with van der Waals surface area (Å²) in [5, 5.41) is 15.6. The molecule has 0 aliphatic carbocycles. The standard InChI is InChI=1S/C10H9N3OS/c11-5-9-1-2-10(15-9)7-12-6-8-3-4-14-13-8/h1-4,12H,6-7H2. The van der Waals surface area contributed by atoms with Gasteiger partial charge in [0.15, 0.2) is 0 Å². The minimum atomic E-state index is 0.677. The Labute approximate surface area is 91.1 Å². The summed E-state index contributed by atoms with van der Waals surface area (Å²) >= 11 is 1.50. The van der Waals surface area contributed by atoms with Crippen molar-refractivity contribution in [3.8, 4) is 6.07 Å². The Bertz CT molecular complexity index is 455. The Morgan fingerprint density at radius 3 is 3.00 bits per heavy atom. The van der Waals surface area contributed by atoms with E-state index < -0.39 is 0 Å². The van der Waals surface area contributed by atoms with Crippen molar-refractivity contribution in [3.05, 3.63) is 39.9 Å². The van der Waals surface area contributed by atoms with E-state index in [0.29, 0.717) is 6.54 Å². The molecular formula is C10H9N3OS. The Hall–Kier alpha value is -1.64. The molecule has 4 nitrogen and oxygen atoms in total. The van der Waals surface area contributed by atoms with Crippen LogP contribution in [0.25, 0.3) is 0 Å². The lowest BCUT2D eigenvalue weighted by Gasteiger charge is -1.98. The lowest BCUT2D eigenvalue weighted by molar-refractivity contribution is 0.408. The van der Waals surface area contributed by atoms with Crippen LogP contribution in [-0.2, 0) is 13.1 Å². The van der Waals surface area contributed by atoms with E-state index in [1.54, 1.807) is 6.26 Å². The molecule has 0 unspecified atom stereocenters. The van der Waals surface area contributed by atoms with Crippen molar-refractivity contribution in [2.75, 3.05) is 0 Å². The fraction of sp³-hybridized carbons (Fsp3) is 0.200. The summed E-state index contributed by atoms with van der Waals surface area (Å²) in [6, 6.07) is 7.72. The molecule has 1 N–H and O–H groups in total. The van der Waals surface area contributed by atoms with Gasteiger partial charge in [-0.15, -0.1) is 11.3 Å². The third-order valence-electron chi connectivity index (χ3n) is 1.87. The van der Waals surface area contributed by atoms with Crippen molar-refractivity contribution in [2.24, 2.45) is 0 Å². The number of thiophene rings is 1. The van der Waals surface area contributed by atoms with Crippen LogP contribution in [0.15, 0.2) is 29.0 Å². The van der Waals surface area contributed by atoms with Crippen LogP contribution in [0.4, 0.5) is 0 Å². The molecule has 0 atom stereocenters. The quantitative estimate of drug-likeness (QED) is 0.853. The van der Waals surface area contributed by atoms with Gasteiger partial charge in [-0.25, -0.2) is 0 Å². The van der Waals surface area contributed by atoms with Crippen LogP contribution >= 0.6 is 11.3 Å². The molecule has 0 spiro atoms. The van der Waals surface area contributed by atoms with Crippen LogP contribution in [-0.4, -0.2) is 5.16 Å². The molecule has 2 heterocycles. The SMILES string of the molecule is N#Cc1ccc(CNCc2ccon2)s1. The zero-order chi connectivity index (χ0) is 10.5. The summed E-state index contributed by atoms with van der Waals surface area (Å²) in [4.78, 5) is 1.89. The summed E-state index contributed by atoms with van der Waals surface area (Å²) in [6.07, 6.45) is 1.55. The molecule has 0 aliphatic heterocycles. The van der Waals surface area contributed by atoms with Gasteiger partial charge in [-0.3, -0.25) is 0 Å². The van der Waals surface area contributed by atoms with Crippen molar-refractivity contribution >= 4 is 11.3 Å². The van der Waals surface area contributed by atoms with Crippen molar-refractivity contribution in [2.45, 2.75) is 13.1 Å². The summed E-state index contributed by atoms with van der Waals surface area (Å²) in [6.45, 7) is 1.43. The highest BCUT2D eigenvalue weighted by Gasteiger charge is 1.99. The number of aromatic nitrogens is 1. The minimum absolute atomic E-state index is 0.677. The highest BCUT2D eigenvalue weighted by Crippen LogP contribution is 2.14. The first-order valence-electron chi connectivity index (χ1n) is 4.47. The first kappa shape index (κ1) is 9.90. The van der Waals surface area contributed by atoms with Crippen molar-refractivity contribution in [3.63, 3.8) is 0 Å². The van der Waals surface area contributed by atoms with Crippen LogP contribution in [0.5, 0.6) is 0 Å². The topological polar surface area (TPSA) is 61.9 Å². The molecule has 0 radical (unpaired) electrons. The van der Waals surface area contributed by atoms with Gasteiger partial charge in [0.05, 0.1) is 5.69 Å². The van der Waals surface area contributed by atoms with Gasteiger partial charge in [0.1, 0.15) is 17.2 Å². The second kappa shape index (κ2) is 4.73. The van der Waals surface area contributed by atoms with E-state index >= 15 is 0 Å². The molecule has 2 aromatic rings. The van der Waals surface area contributed by atoms with E-state index in [1.807, 2.05) is 18.2 Å². The maximum atomic E-state index is 8.64. The smallest absolute Gasteiger partial charge is 0.124 e. The van der Waals surface area contributed by atoms with Crippen molar-refractivity contribution in [1.29, 1.82) is 5.26 Å². The molecule has 0 fully saturated rings. The molecule has 5 heteroatoms. The van der Waals surface area contributed by atoms with E-state index in [4.69, 9.17) is 9.78 Å². The van der Waals surface area contributed by atoms with Crippen LogP contribution < -0.4 is 5.32 Å². The first-order chi connectivity index (χ1) is 7.38. The number of nitrogens with one attached hydrogen (secondary N) is 1. The zero-order valence-electron chi connectivity index (χ0n) is 7.93. The molecule has 2 rings (SSSR count). The summed E-state index contributed by atoms with van der Waals surface area (Å²) in [5.74, 6) is 0. The number of nitriles is 1. The maximum Gasteiger partial charge on any atom is 0.124 e. The van der Waals surface area contributed by atoms with Gasteiger partial charge in [0, 0.05) is 24.0 Å². The van der Waals surface area contributed by atoms with Crippen molar-refractivity contribution < 1.29 is 4.52 Å². The Kier molecular flexibility index (Phi) is 3.12. The number of rotatable bonds is 4. The predicted molar refractivity (Wildman–Crippen MR) is 56.1 cm³/mol. The van der Waals surface area contributed by atoms with Crippen LogP contribution in [0.3, 0.4) is 0 Å². The average molecular weight is 219 g/mol. The summed E-state index contributed by atoms with van der Waals surface area (Å²) < 4.78 is 4.71. The lowest BCUT2D eigenvalue weighted by atomic mass is 10.4. The van der Waals surface area contributed by atoms with E-state index in [1.165, 1.54) is 11.3 Å². The minimum Gasteiger partial charge on any atom is -0.364 e. The Morgan fingerprint density at radius 1 is 1.40 bits per heavy atom. The van der Waals surface area contributed by atoms with Crippen LogP contribution in [0, 0.1) is 11.3 Å². The molecule has 0 aliphatic rings. The normalized spacial score (nSPS) is 10.1. The number of hydrogen-bond acceptors (Lipinski definition) is 5. The molecule has 0 saturated carbocycles. The van der Waals surface area contributed by atoms with Gasteiger partial charge in [-0.1, -0.05) is 5.16 Å². The summed E-state index contributed by atoms with van der Waals surface area (Å²) in [7, 11) is 0. The molecule has 0 amide bonds. The lowest BCUT2D eigenvalue weighted by Crippen LogP contribution is -2.11. The average Bonchev–Trinajstić information content (AvgIpc) is 2.88. The number of hydrogen-bond donors (Lipinski definition) is 1. The molecule has 76 valence electrons. The Morgan fingerprint density at radius 2 is 2.33 bits per heavy atom. The van der Waals surface area contributed by atoms with E-state index in [2.05, 4.69) is 16.5 Å². The Balaban J connectivity index is 1.81. The summed E-state index contributed by atoms with van der Waals surface area (Å²) in [5.41, 5.74) is 0.882. The van der Waals surface area contributed by atoms with Gasteiger partial charge in [0.25, 0.3) is 0 Å². The second-order valence-electron chi connectivity index (χ2n) is 2.97.